The number of carbonyl (C=O) groups is 2. The van der Waals surface area contributed by atoms with Gasteiger partial charge in [-0.15, -0.1) is 0 Å². The number of carboxylic acids is 1. The minimum atomic E-state index is -0.984. The fraction of sp³-hybridized carbons (Fsp3) is 0.579. The molecule has 1 saturated heterocycles. The molecule has 2 rings (SSSR count). The third kappa shape index (κ3) is 5.56. The van der Waals surface area contributed by atoms with Gasteiger partial charge < -0.3 is 14.6 Å². The van der Waals surface area contributed by atoms with Crippen LogP contribution < -0.4 is 4.74 Å². The highest BCUT2D eigenvalue weighted by atomic mass is 32.2. The molecule has 2 atom stereocenters. The molecule has 0 bridgehead atoms. The van der Waals surface area contributed by atoms with Crippen molar-refractivity contribution in [1.82, 2.24) is 4.90 Å². The van der Waals surface area contributed by atoms with Crippen LogP contribution in [0.3, 0.4) is 0 Å². The molecule has 1 N–H and O–H groups in total. The first kappa shape index (κ1) is 20.4. The number of nitrogens with zero attached hydrogens (tertiary/aromatic N) is 1. The molecule has 1 aromatic rings. The molecule has 1 aromatic carbocycles. The summed E-state index contributed by atoms with van der Waals surface area (Å²) < 4.78 is 10.5. The third-order valence-corrected chi connectivity index (χ3v) is 5.50. The molecular weight excluding hydrogens is 354 g/mol. The maximum atomic E-state index is 12.4. The largest absolute Gasteiger partial charge is 0.497 e. The van der Waals surface area contributed by atoms with E-state index < -0.39 is 23.7 Å². The van der Waals surface area contributed by atoms with E-state index in [-0.39, 0.29) is 5.25 Å². The number of thioether (sulfide) groups is 1. The van der Waals surface area contributed by atoms with Crippen LogP contribution in [0, 0.1) is 0 Å². The fourth-order valence-corrected chi connectivity index (χ4v) is 4.26. The molecule has 0 aliphatic carbocycles. The van der Waals surface area contributed by atoms with E-state index in [0.717, 1.165) is 24.2 Å². The lowest BCUT2D eigenvalue weighted by Gasteiger charge is -2.39. The first-order valence-corrected chi connectivity index (χ1v) is 9.73. The Balaban J connectivity index is 2.06. The SMILES string of the molecule is COc1ccc(CS[C@H]2CCCN(C(=O)OC(C)(C)C)[C@@H]2C(=O)O)cc1. The number of methoxy groups -OCH3 is 1. The molecule has 0 aromatic heterocycles. The summed E-state index contributed by atoms with van der Waals surface area (Å²) in [4.78, 5) is 25.7. The zero-order valence-electron chi connectivity index (χ0n) is 15.7. The van der Waals surface area contributed by atoms with Crippen LogP contribution >= 0.6 is 11.8 Å². The summed E-state index contributed by atoms with van der Waals surface area (Å²) in [6.45, 7) is 5.74. The van der Waals surface area contributed by atoms with Crippen molar-refractivity contribution in [2.75, 3.05) is 13.7 Å². The van der Waals surface area contributed by atoms with Gasteiger partial charge in [-0.25, -0.2) is 9.59 Å². The molecule has 0 radical (unpaired) electrons. The van der Waals surface area contributed by atoms with Crippen molar-refractivity contribution in [2.45, 2.75) is 56.3 Å². The van der Waals surface area contributed by atoms with Gasteiger partial charge in [-0.05, 0) is 51.3 Å². The van der Waals surface area contributed by atoms with Gasteiger partial charge in [0.2, 0.25) is 0 Å². The van der Waals surface area contributed by atoms with Gasteiger partial charge in [0.15, 0.2) is 0 Å². The standard InChI is InChI=1S/C19H27NO5S/c1-19(2,3)25-18(23)20-11-5-6-15(16(20)17(21)22)26-12-13-7-9-14(24-4)10-8-13/h7-10,15-16H,5-6,11-12H2,1-4H3,(H,21,22)/t15-,16-/m0/s1. The number of amides is 1. The Morgan fingerprint density at radius 2 is 1.92 bits per heavy atom. The molecule has 0 saturated carbocycles. The lowest BCUT2D eigenvalue weighted by molar-refractivity contribution is -0.144. The zero-order valence-corrected chi connectivity index (χ0v) is 16.5. The van der Waals surface area contributed by atoms with Crippen LogP contribution in [0.2, 0.25) is 0 Å². The van der Waals surface area contributed by atoms with Crippen LogP contribution in [0.5, 0.6) is 5.75 Å². The molecule has 1 heterocycles. The quantitative estimate of drug-likeness (QED) is 0.836. The van der Waals surface area contributed by atoms with Gasteiger partial charge >= 0.3 is 12.1 Å². The Hall–Kier alpha value is -1.89. The second kappa shape index (κ2) is 8.66. The first-order chi connectivity index (χ1) is 12.2. The van der Waals surface area contributed by atoms with E-state index in [9.17, 15) is 14.7 Å². The lowest BCUT2D eigenvalue weighted by Crippen LogP contribution is -2.55. The van der Waals surface area contributed by atoms with Crippen LogP contribution in [-0.4, -0.2) is 52.6 Å². The number of likely N-dealkylation sites (tertiary alicyclic amines) is 1. The Labute approximate surface area is 158 Å². The minimum absolute atomic E-state index is 0.170. The van der Waals surface area contributed by atoms with Crippen molar-refractivity contribution in [1.29, 1.82) is 0 Å². The van der Waals surface area contributed by atoms with Crippen LogP contribution in [0.15, 0.2) is 24.3 Å². The molecule has 6 nitrogen and oxygen atoms in total. The van der Waals surface area contributed by atoms with E-state index in [1.165, 1.54) is 4.90 Å². The van der Waals surface area contributed by atoms with Crippen molar-refractivity contribution in [3.05, 3.63) is 29.8 Å². The van der Waals surface area contributed by atoms with Gasteiger partial charge in [-0.1, -0.05) is 12.1 Å². The normalized spacial score (nSPS) is 20.5. The van der Waals surface area contributed by atoms with Crippen LogP contribution in [0.4, 0.5) is 4.79 Å². The molecule has 1 aliphatic rings. The Kier molecular flexibility index (Phi) is 6.81. The second-order valence-corrected chi connectivity index (χ2v) is 8.52. The van der Waals surface area contributed by atoms with Crippen molar-refractivity contribution < 1.29 is 24.2 Å². The van der Waals surface area contributed by atoms with Crippen LogP contribution in [0.1, 0.15) is 39.2 Å². The average Bonchev–Trinajstić information content (AvgIpc) is 2.58. The smallest absolute Gasteiger partial charge is 0.411 e. The topological polar surface area (TPSA) is 76.1 Å². The first-order valence-electron chi connectivity index (χ1n) is 8.68. The zero-order chi connectivity index (χ0) is 19.3. The molecule has 0 spiro atoms. The second-order valence-electron chi connectivity index (χ2n) is 7.30. The maximum absolute atomic E-state index is 12.4. The number of hydrogen-bond acceptors (Lipinski definition) is 5. The predicted molar refractivity (Wildman–Crippen MR) is 102 cm³/mol. The summed E-state index contributed by atoms with van der Waals surface area (Å²) in [5.41, 5.74) is 0.442. The van der Waals surface area contributed by atoms with Gasteiger partial charge in [0, 0.05) is 17.5 Å². The maximum Gasteiger partial charge on any atom is 0.411 e. The summed E-state index contributed by atoms with van der Waals surface area (Å²) >= 11 is 1.57. The van der Waals surface area contributed by atoms with Crippen LogP contribution in [-0.2, 0) is 15.3 Å². The highest BCUT2D eigenvalue weighted by molar-refractivity contribution is 7.99. The fourth-order valence-electron chi connectivity index (χ4n) is 2.88. The highest BCUT2D eigenvalue weighted by Gasteiger charge is 2.41. The number of carbonyl (C=O) groups excluding carboxylic acids is 1. The molecule has 26 heavy (non-hydrogen) atoms. The Morgan fingerprint density at radius 1 is 1.27 bits per heavy atom. The molecular formula is C19H27NO5S. The number of piperidine rings is 1. The molecule has 144 valence electrons. The van der Waals surface area contributed by atoms with Crippen molar-refractivity contribution in [2.24, 2.45) is 0 Å². The van der Waals surface area contributed by atoms with Gasteiger partial charge in [-0.3, -0.25) is 4.90 Å². The van der Waals surface area contributed by atoms with E-state index in [1.54, 1.807) is 39.6 Å². The van der Waals surface area contributed by atoms with Gasteiger partial charge in [-0.2, -0.15) is 11.8 Å². The van der Waals surface area contributed by atoms with E-state index >= 15 is 0 Å². The van der Waals surface area contributed by atoms with Crippen LogP contribution in [0.25, 0.3) is 0 Å². The molecule has 1 aliphatic heterocycles. The number of aliphatic carboxylic acids is 1. The molecule has 1 amide bonds. The van der Waals surface area contributed by atoms with Gasteiger partial charge in [0.1, 0.15) is 17.4 Å². The summed E-state index contributed by atoms with van der Waals surface area (Å²) in [5.74, 6) is 0.486. The van der Waals surface area contributed by atoms with Gasteiger partial charge in [0.25, 0.3) is 0 Å². The molecule has 7 heteroatoms. The average molecular weight is 381 g/mol. The highest BCUT2D eigenvalue weighted by Crippen LogP contribution is 2.32. The number of benzene rings is 1. The van der Waals surface area contributed by atoms with Crippen molar-refractivity contribution in [3.8, 4) is 5.75 Å². The summed E-state index contributed by atoms with van der Waals surface area (Å²) in [6.07, 6.45) is 0.972. The third-order valence-electron chi connectivity index (χ3n) is 4.08. The summed E-state index contributed by atoms with van der Waals surface area (Å²) in [7, 11) is 1.62. The van der Waals surface area contributed by atoms with E-state index in [4.69, 9.17) is 9.47 Å². The summed E-state index contributed by atoms with van der Waals surface area (Å²) in [5, 5.41) is 9.54. The predicted octanol–water partition coefficient (Wildman–Crippen LogP) is 3.78. The van der Waals surface area contributed by atoms with Gasteiger partial charge in [0.05, 0.1) is 7.11 Å². The minimum Gasteiger partial charge on any atom is -0.497 e. The van der Waals surface area contributed by atoms with E-state index in [1.807, 2.05) is 24.3 Å². The summed E-state index contributed by atoms with van der Waals surface area (Å²) in [6, 6.07) is 6.84. The molecule has 1 fully saturated rings. The molecule has 0 unspecified atom stereocenters. The van der Waals surface area contributed by atoms with E-state index in [0.29, 0.717) is 12.3 Å². The number of rotatable bonds is 5. The van der Waals surface area contributed by atoms with Crippen molar-refractivity contribution >= 4 is 23.8 Å². The number of ether oxygens (including phenoxy) is 2. The monoisotopic (exact) mass is 381 g/mol. The number of hydrogen-bond donors (Lipinski definition) is 1. The lowest BCUT2D eigenvalue weighted by atomic mass is 10.0. The number of carboxylic acid groups (broad SMARTS) is 1. The Bertz CT molecular complexity index is 626. The Morgan fingerprint density at radius 3 is 2.46 bits per heavy atom. The van der Waals surface area contributed by atoms with Crippen molar-refractivity contribution in [3.63, 3.8) is 0 Å². The van der Waals surface area contributed by atoms with E-state index in [2.05, 4.69) is 0 Å².